The summed E-state index contributed by atoms with van der Waals surface area (Å²) in [5.74, 6) is 0. The molecule has 0 spiro atoms. The zero-order valence-corrected chi connectivity index (χ0v) is 17.3. The zero-order chi connectivity index (χ0) is 21.3. The largest absolute Gasteiger partial charge is 0.256 e. The van der Waals surface area contributed by atoms with Crippen molar-refractivity contribution in [2.45, 2.75) is 0 Å². The second-order valence-electron chi connectivity index (χ2n) is 7.82. The number of nitrogens with zero attached hydrogens (tertiary/aromatic N) is 3. The third-order valence-corrected chi connectivity index (χ3v) is 5.78. The Bertz CT molecular complexity index is 1600. The Hall–Kier alpha value is -4.37. The van der Waals surface area contributed by atoms with Crippen LogP contribution in [-0.4, -0.2) is 6.21 Å². The summed E-state index contributed by atoms with van der Waals surface area (Å²) in [6.07, 6.45) is 1.96. The van der Waals surface area contributed by atoms with Gasteiger partial charge in [-0.25, -0.2) is 0 Å². The minimum Gasteiger partial charge on any atom is -0.256 e. The van der Waals surface area contributed by atoms with Gasteiger partial charge in [0.25, 0.3) is 0 Å². The fourth-order valence-electron chi connectivity index (χ4n) is 4.26. The van der Waals surface area contributed by atoms with Crippen LogP contribution in [0.25, 0.3) is 32.3 Å². The second kappa shape index (κ2) is 7.71. The van der Waals surface area contributed by atoms with E-state index in [2.05, 4.69) is 64.8 Å². The highest BCUT2D eigenvalue weighted by atomic mass is 15.1. The first-order valence-corrected chi connectivity index (χ1v) is 10.6. The molecule has 0 fully saturated rings. The van der Waals surface area contributed by atoms with Crippen molar-refractivity contribution in [3.8, 4) is 0 Å². The van der Waals surface area contributed by atoms with E-state index in [4.69, 9.17) is 4.99 Å². The van der Waals surface area contributed by atoms with Gasteiger partial charge in [-0.15, -0.1) is 0 Å². The lowest BCUT2D eigenvalue weighted by atomic mass is 9.92. The summed E-state index contributed by atoms with van der Waals surface area (Å²) < 4.78 is 0. The van der Waals surface area contributed by atoms with Crippen molar-refractivity contribution in [1.82, 2.24) is 0 Å². The molecule has 150 valence electrons. The van der Waals surface area contributed by atoms with Gasteiger partial charge < -0.3 is 0 Å². The number of hydrogen-bond donors (Lipinski definition) is 0. The standard InChI is InChI=1S/C29H19N3/c1-2-9-25(10-3-1)31-32-26-16-14-24(15-17-26)30-19-23-18-22-8-4-6-20-12-13-21-7-5-11-27(23)29(21)28(20)22/h1-19H. The summed E-state index contributed by atoms with van der Waals surface area (Å²) >= 11 is 0. The van der Waals surface area contributed by atoms with Crippen molar-refractivity contribution in [3.05, 3.63) is 115 Å². The molecular formula is C29H19N3. The van der Waals surface area contributed by atoms with Gasteiger partial charge in [-0.05, 0) is 74.8 Å². The van der Waals surface area contributed by atoms with Gasteiger partial charge in [0.05, 0.1) is 17.1 Å². The van der Waals surface area contributed by atoms with Crippen molar-refractivity contribution in [3.63, 3.8) is 0 Å². The van der Waals surface area contributed by atoms with Gasteiger partial charge in [-0.3, -0.25) is 4.99 Å². The molecule has 3 nitrogen and oxygen atoms in total. The van der Waals surface area contributed by atoms with Gasteiger partial charge >= 0.3 is 0 Å². The maximum absolute atomic E-state index is 4.75. The third kappa shape index (κ3) is 3.30. The molecule has 0 aliphatic carbocycles. The van der Waals surface area contributed by atoms with Crippen LogP contribution < -0.4 is 0 Å². The van der Waals surface area contributed by atoms with Crippen LogP contribution in [0.5, 0.6) is 0 Å². The summed E-state index contributed by atoms with van der Waals surface area (Å²) in [6, 6.07) is 37.1. The van der Waals surface area contributed by atoms with Crippen molar-refractivity contribution in [2.24, 2.45) is 15.2 Å². The Kier molecular flexibility index (Phi) is 4.43. The predicted octanol–water partition coefficient (Wildman–Crippen LogP) is 8.75. The summed E-state index contributed by atoms with van der Waals surface area (Å²) in [7, 11) is 0. The van der Waals surface area contributed by atoms with Crippen molar-refractivity contribution in [2.75, 3.05) is 0 Å². The van der Waals surface area contributed by atoms with Crippen LogP contribution in [0.15, 0.2) is 124 Å². The Balaban J connectivity index is 1.35. The SMILES string of the molecule is C(=Nc1ccc(N=Nc2ccccc2)cc1)c1cc2cccc3ccc4cccc1c4c32. The topological polar surface area (TPSA) is 37.1 Å². The lowest BCUT2D eigenvalue weighted by Crippen LogP contribution is -1.89. The van der Waals surface area contributed by atoms with Gasteiger partial charge in [-0.2, -0.15) is 10.2 Å². The van der Waals surface area contributed by atoms with Crippen LogP contribution in [0, 0.1) is 0 Å². The van der Waals surface area contributed by atoms with Gasteiger partial charge in [0.15, 0.2) is 0 Å². The molecule has 0 saturated carbocycles. The van der Waals surface area contributed by atoms with Crippen LogP contribution in [0.1, 0.15) is 5.56 Å². The molecule has 0 amide bonds. The van der Waals surface area contributed by atoms with Crippen LogP contribution >= 0.6 is 0 Å². The molecule has 0 aliphatic rings. The molecule has 0 saturated heterocycles. The predicted molar refractivity (Wildman–Crippen MR) is 134 cm³/mol. The highest BCUT2D eigenvalue weighted by Gasteiger charge is 2.10. The third-order valence-electron chi connectivity index (χ3n) is 5.78. The minimum absolute atomic E-state index is 0.801. The molecule has 0 atom stereocenters. The monoisotopic (exact) mass is 409 g/mol. The molecule has 6 aromatic carbocycles. The molecule has 3 heteroatoms. The first-order chi connectivity index (χ1) is 15.8. The van der Waals surface area contributed by atoms with Crippen molar-refractivity contribution < 1.29 is 0 Å². The van der Waals surface area contributed by atoms with Gasteiger partial charge in [0.2, 0.25) is 0 Å². The molecule has 6 aromatic rings. The van der Waals surface area contributed by atoms with Crippen LogP contribution in [0.2, 0.25) is 0 Å². The Morgan fingerprint density at radius 3 is 1.88 bits per heavy atom. The van der Waals surface area contributed by atoms with E-state index in [-0.39, 0.29) is 0 Å². The van der Waals surface area contributed by atoms with E-state index < -0.39 is 0 Å². The number of hydrogen-bond acceptors (Lipinski definition) is 3. The second-order valence-corrected chi connectivity index (χ2v) is 7.82. The van der Waals surface area contributed by atoms with E-state index in [9.17, 15) is 0 Å². The number of rotatable bonds is 4. The Labute approximate surface area is 185 Å². The average Bonchev–Trinajstić information content (AvgIpc) is 2.86. The lowest BCUT2D eigenvalue weighted by Gasteiger charge is -2.12. The summed E-state index contributed by atoms with van der Waals surface area (Å²) in [5.41, 5.74) is 3.64. The average molecular weight is 409 g/mol. The normalized spacial score (nSPS) is 12.1. The van der Waals surface area contributed by atoms with Crippen LogP contribution in [0.4, 0.5) is 17.1 Å². The van der Waals surface area contributed by atoms with Gasteiger partial charge in [-0.1, -0.05) is 66.7 Å². The highest BCUT2D eigenvalue weighted by Crippen LogP contribution is 2.36. The smallest absolute Gasteiger partial charge is 0.0858 e. The van der Waals surface area contributed by atoms with E-state index >= 15 is 0 Å². The molecule has 0 aliphatic heterocycles. The maximum atomic E-state index is 4.75. The first kappa shape index (κ1) is 18.4. The van der Waals surface area contributed by atoms with E-state index in [1.807, 2.05) is 60.8 Å². The minimum atomic E-state index is 0.801. The first-order valence-electron chi connectivity index (χ1n) is 10.6. The molecule has 0 N–H and O–H groups in total. The molecule has 0 aromatic heterocycles. The number of azo groups is 1. The lowest BCUT2D eigenvalue weighted by molar-refractivity contribution is 1.23. The quantitative estimate of drug-likeness (QED) is 0.159. The highest BCUT2D eigenvalue weighted by molar-refractivity contribution is 6.26. The fraction of sp³-hybridized carbons (Fsp3) is 0. The molecule has 6 rings (SSSR count). The van der Waals surface area contributed by atoms with Gasteiger partial charge in [0, 0.05) is 11.8 Å². The summed E-state index contributed by atoms with van der Waals surface area (Å²) in [6.45, 7) is 0. The summed E-state index contributed by atoms with van der Waals surface area (Å²) in [5, 5.41) is 16.2. The molecule has 0 bridgehead atoms. The van der Waals surface area contributed by atoms with Crippen molar-refractivity contribution in [1.29, 1.82) is 0 Å². The number of benzene rings is 6. The molecular weight excluding hydrogens is 390 g/mol. The van der Waals surface area contributed by atoms with Crippen molar-refractivity contribution >= 4 is 55.6 Å². The van der Waals surface area contributed by atoms with E-state index in [1.54, 1.807) is 0 Å². The van der Waals surface area contributed by atoms with Crippen LogP contribution in [0.3, 0.4) is 0 Å². The Morgan fingerprint density at radius 1 is 0.469 bits per heavy atom. The molecule has 0 heterocycles. The van der Waals surface area contributed by atoms with E-state index in [1.165, 1.54) is 32.3 Å². The maximum Gasteiger partial charge on any atom is 0.0858 e. The van der Waals surface area contributed by atoms with E-state index in [0.29, 0.717) is 0 Å². The van der Waals surface area contributed by atoms with Gasteiger partial charge in [0.1, 0.15) is 0 Å². The Morgan fingerprint density at radius 2 is 1.09 bits per heavy atom. The molecule has 0 radical (unpaired) electrons. The number of aliphatic imine (C=N–C) groups is 1. The zero-order valence-electron chi connectivity index (χ0n) is 17.3. The molecule has 32 heavy (non-hydrogen) atoms. The summed E-state index contributed by atoms with van der Waals surface area (Å²) in [4.78, 5) is 4.75. The fourth-order valence-corrected chi connectivity index (χ4v) is 4.26. The molecule has 0 unspecified atom stereocenters. The van der Waals surface area contributed by atoms with Crippen LogP contribution in [-0.2, 0) is 0 Å². The van der Waals surface area contributed by atoms with E-state index in [0.717, 1.165) is 22.6 Å².